The lowest BCUT2D eigenvalue weighted by atomic mass is 10.2. The number of methoxy groups -OCH3 is 1. The second kappa shape index (κ2) is 8.42. The number of hydrogen-bond donors (Lipinski definition) is 2. The van der Waals surface area contributed by atoms with Crippen molar-refractivity contribution >= 4 is 15.9 Å². The summed E-state index contributed by atoms with van der Waals surface area (Å²) in [6.07, 6.45) is 4.84. The van der Waals surface area contributed by atoms with E-state index in [-0.39, 0.29) is 16.8 Å². The van der Waals surface area contributed by atoms with Crippen LogP contribution < -0.4 is 10.0 Å². The maximum atomic E-state index is 12.2. The van der Waals surface area contributed by atoms with Crippen molar-refractivity contribution in [2.75, 3.05) is 20.3 Å². The van der Waals surface area contributed by atoms with Crippen molar-refractivity contribution in [1.82, 2.24) is 10.0 Å². The van der Waals surface area contributed by atoms with E-state index in [1.807, 2.05) is 0 Å². The average Bonchev–Trinajstić information content (AvgIpc) is 3.05. The van der Waals surface area contributed by atoms with E-state index >= 15 is 0 Å². The van der Waals surface area contributed by atoms with Gasteiger partial charge < -0.3 is 10.1 Å². The van der Waals surface area contributed by atoms with E-state index in [2.05, 4.69) is 10.0 Å². The van der Waals surface area contributed by atoms with Gasteiger partial charge in [0.15, 0.2) is 0 Å². The molecule has 6 nitrogen and oxygen atoms in total. The van der Waals surface area contributed by atoms with E-state index < -0.39 is 10.0 Å². The van der Waals surface area contributed by atoms with Crippen LogP contribution in [0.25, 0.3) is 0 Å². The molecule has 1 aliphatic rings. The quantitative estimate of drug-likeness (QED) is 0.705. The molecule has 1 amide bonds. The molecule has 0 spiro atoms. The van der Waals surface area contributed by atoms with Crippen LogP contribution in [-0.2, 0) is 14.8 Å². The monoisotopic (exact) mass is 340 g/mol. The third-order valence-electron chi connectivity index (χ3n) is 3.91. The highest BCUT2D eigenvalue weighted by atomic mass is 32.2. The summed E-state index contributed by atoms with van der Waals surface area (Å²) >= 11 is 0. The van der Waals surface area contributed by atoms with E-state index in [0.29, 0.717) is 25.1 Å². The van der Waals surface area contributed by atoms with Crippen LogP contribution in [0.4, 0.5) is 0 Å². The molecule has 0 bridgehead atoms. The molecule has 1 fully saturated rings. The summed E-state index contributed by atoms with van der Waals surface area (Å²) in [5.74, 6) is -0.215. The summed E-state index contributed by atoms with van der Waals surface area (Å²) in [6, 6.07) is 6.34. The first-order valence-corrected chi connectivity index (χ1v) is 9.41. The van der Waals surface area contributed by atoms with Crippen LogP contribution in [0, 0.1) is 0 Å². The van der Waals surface area contributed by atoms with Gasteiger partial charge in [-0.25, -0.2) is 13.1 Å². The Kier molecular flexibility index (Phi) is 6.56. The van der Waals surface area contributed by atoms with Crippen molar-refractivity contribution in [2.45, 2.75) is 43.0 Å². The first-order valence-electron chi connectivity index (χ1n) is 7.92. The molecule has 2 N–H and O–H groups in total. The van der Waals surface area contributed by atoms with Gasteiger partial charge in [0, 0.05) is 31.9 Å². The molecule has 128 valence electrons. The molecule has 1 saturated carbocycles. The van der Waals surface area contributed by atoms with Crippen molar-refractivity contribution in [1.29, 1.82) is 0 Å². The number of carbonyl (C=O) groups excluding carboxylic acids is 1. The number of amides is 1. The molecule has 7 heteroatoms. The minimum absolute atomic E-state index is 0.106. The van der Waals surface area contributed by atoms with Gasteiger partial charge in [0.25, 0.3) is 5.91 Å². The summed E-state index contributed by atoms with van der Waals surface area (Å²) in [6.45, 7) is 0.793. The summed E-state index contributed by atoms with van der Waals surface area (Å²) in [5, 5.41) is 2.96. The lowest BCUT2D eigenvalue weighted by Gasteiger charge is -2.13. The second-order valence-corrected chi connectivity index (χ2v) is 7.49. The lowest BCUT2D eigenvalue weighted by Crippen LogP contribution is -2.32. The SMILES string of the molecule is COCCCNS(=O)(=O)c1cccc(C(=O)NC2CCCC2)c1. The Morgan fingerprint density at radius 1 is 1.30 bits per heavy atom. The summed E-state index contributed by atoms with van der Waals surface area (Å²) < 4.78 is 31.9. The lowest BCUT2D eigenvalue weighted by molar-refractivity contribution is 0.0937. The predicted molar refractivity (Wildman–Crippen MR) is 87.8 cm³/mol. The molecule has 23 heavy (non-hydrogen) atoms. The van der Waals surface area contributed by atoms with Gasteiger partial charge in [-0.15, -0.1) is 0 Å². The zero-order valence-electron chi connectivity index (χ0n) is 13.4. The minimum atomic E-state index is -3.61. The van der Waals surface area contributed by atoms with E-state index in [1.54, 1.807) is 19.2 Å². The Bertz CT molecular complexity index is 625. The fourth-order valence-electron chi connectivity index (χ4n) is 2.65. The van der Waals surface area contributed by atoms with Gasteiger partial charge in [-0.2, -0.15) is 0 Å². The zero-order chi connectivity index (χ0) is 16.7. The Balaban J connectivity index is 2.01. The number of hydrogen-bond acceptors (Lipinski definition) is 4. The number of sulfonamides is 1. The molecule has 1 aromatic carbocycles. The van der Waals surface area contributed by atoms with E-state index in [4.69, 9.17) is 4.74 Å². The smallest absolute Gasteiger partial charge is 0.251 e. The fraction of sp³-hybridized carbons (Fsp3) is 0.562. The second-order valence-electron chi connectivity index (χ2n) is 5.73. The summed E-state index contributed by atoms with van der Waals surface area (Å²) in [4.78, 5) is 12.3. The van der Waals surface area contributed by atoms with Gasteiger partial charge in [0.1, 0.15) is 0 Å². The number of ether oxygens (including phenoxy) is 1. The van der Waals surface area contributed by atoms with Crippen LogP contribution in [0.2, 0.25) is 0 Å². The van der Waals surface area contributed by atoms with Crippen LogP contribution in [0.3, 0.4) is 0 Å². The standard InChI is InChI=1S/C16H24N2O4S/c1-22-11-5-10-17-23(20,21)15-9-4-6-13(12-15)16(19)18-14-7-2-3-8-14/h4,6,9,12,14,17H,2-3,5,7-8,10-11H2,1H3,(H,18,19). The van der Waals surface area contributed by atoms with E-state index in [1.165, 1.54) is 12.1 Å². The largest absolute Gasteiger partial charge is 0.385 e. The molecule has 0 atom stereocenters. The number of rotatable bonds is 8. The Morgan fingerprint density at radius 3 is 2.74 bits per heavy atom. The van der Waals surface area contributed by atoms with Gasteiger partial charge in [-0.3, -0.25) is 4.79 Å². The molecule has 0 aromatic heterocycles. The Labute approximate surface area is 137 Å². The van der Waals surface area contributed by atoms with Crippen molar-refractivity contribution in [2.24, 2.45) is 0 Å². The van der Waals surface area contributed by atoms with Crippen molar-refractivity contribution in [3.05, 3.63) is 29.8 Å². The van der Waals surface area contributed by atoms with E-state index in [0.717, 1.165) is 25.7 Å². The van der Waals surface area contributed by atoms with Crippen LogP contribution in [0.15, 0.2) is 29.2 Å². The van der Waals surface area contributed by atoms with Crippen molar-refractivity contribution in [3.8, 4) is 0 Å². The van der Waals surface area contributed by atoms with Crippen LogP contribution in [-0.4, -0.2) is 40.6 Å². The molecule has 0 heterocycles. The highest BCUT2D eigenvalue weighted by Gasteiger charge is 2.20. The third kappa shape index (κ3) is 5.30. The van der Waals surface area contributed by atoms with E-state index in [9.17, 15) is 13.2 Å². The topological polar surface area (TPSA) is 84.5 Å². The normalized spacial score (nSPS) is 15.7. The molecule has 2 rings (SSSR count). The molecule has 1 aliphatic carbocycles. The maximum Gasteiger partial charge on any atom is 0.251 e. The number of nitrogens with one attached hydrogen (secondary N) is 2. The Morgan fingerprint density at radius 2 is 2.04 bits per heavy atom. The highest BCUT2D eigenvalue weighted by Crippen LogP contribution is 2.18. The van der Waals surface area contributed by atoms with Crippen LogP contribution in [0.5, 0.6) is 0 Å². The van der Waals surface area contributed by atoms with Gasteiger partial charge >= 0.3 is 0 Å². The zero-order valence-corrected chi connectivity index (χ0v) is 14.2. The van der Waals surface area contributed by atoms with Crippen molar-refractivity contribution < 1.29 is 17.9 Å². The number of benzene rings is 1. The average molecular weight is 340 g/mol. The highest BCUT2D eigenvalue weighted by molar-refractivity contribution is 7.89. The predicted octanol–water partition coefficient (Wildman–Crippen LogP) is 1.67. The first-order chi connectivity index (χ1) is 11.0. The Hall–Kier alpha value is -1.44. The first kappa shape index (κ1) is 17.9. The maximum absolute atomic E-state index is 12.2. The molecule has 0 aliphatic heterocycles. The molecule has 0 unspecified atom stereocenters. The molecular formula is C16H24N2O4S. The molecule has 0 radical (unpaired) electrons. The van der Waals surface area contributed by atoms with Gasteiger partial charge in [0.2, 0.25) is 10.0 Å². The minimum Gasteiger partial charge on any atom is -0.385 e. The molecular weight excluding hydrogens is 316 g/mol. The summed E-state index contributed by atoms with van der Waals surface area (Å²) in [7, 11) is -2.04. The summed E-state index contributed by atoms with van der Waals surface area (Å²) in [5.41, 5.74) is 0.372. The molecule has 1 aromatic rings. The van der Waals surface area contributed by atoms with Gasteiger partial charge in [-0.05, 0) is 37.5 Å². The van der Waals surface area contributed by atoms with Gasteiger partial charge in [-0.1, -0.05) is 18.9 Å². The van der Waals surface area contributed by atoms with Gasteiger partial charge in [0.05, 0.1) is 4.90 Å². The van der Waals surface area contributed by atoms with Crippen molar-refractivity contribution in [3.63, 3.8) is 0 Å². The fourth-order valence-corrected chi connectivity index (χ4v) is 3.77. The van der Waals surface area contributed by atoms with Crippen LogP contribution >= 0.6 is 0 Å². The number of carbonyl (C=O) groups is 1. The molecule has 0 saturated heterocycles. The third-order valence-corrected chi connectivity index (χ3v) is 5.37. The van der Waals surface area contributed by atoms with Crippen LogP contribution in [0.1, 0.15) is 42.5 Å².